The van der Waals surface area contributed by atoms with Gasteiger partial charge in [0.2, 0.25) is 0 Å². The molecule has 2 atom stereocenters. The fourth-order valence-corrected chi connectivity index (χ4v) is 7.58. The minimum absolute atomic E-state index is 0.0736. The van der Waals surface area contributed by atoms with Gasteiger partial charge >= 0.3 is 11.9 Å². The summed E-state index contributed by atoms with van der Waals surface area (Å²) >= 11 is 11.5. The van der Waals surface area contributed by atoms with Gasteiger partial charge in [0.1, 0.15) is 0 Å². The van der Waals surface area contributed by atoms with Crippen molar-refractivity contribution in [3.8, 4) is 0 Å². The van der Waals surface area contributed by atoms with Gasteiger partial charge in [-0.3, -0.25) is 0 Å². The molecule has 26 heavy (non-hydrogen) atoms. The lowest BCUT2D eigenvalue weighted by Gasteiger charge is -2.22. The smallest absolute Gasteiger partial charge is 0.375 e. The number of nitrogens with one attached hydrogen (secondary N) is 1. The Bertz CT molecular complexity index is 936. The summed E-state index contributed by atoms with van der Waals surface area (Å²) in [7, 11) is -8.10. The van der Waals surface area contributed by atoms with E-state index in [4.69, 9.17) is 28.3 Å². The van der Waals surface area contributed by atoms with Gasteiger partial charge in [0.15, 0.2) is 19.7 Å². The molecule has 0 aromatic heterocycles. The average Bonchev–Trinajstić information content (AvgIpc) is 2.83. The van der Waals surface area contributed by atoms with Gasteiger partial charge in [-0.15, -0.1) is 0 Å². The molecule has 1 fully saturated rings. The summed E-state index contributed by atoms with van der Waals surface area (Å²) in [5.74, 6) is -8.08. The van der Waals surface area contributed by atoms with Gasteiger partial charge in [-0.05, 0) is 18.2 Å². The minimum atomic E-state index is -4.26. The number of rotatable bonds is 6. The molecule has 1 aromatic rings. The Kier molecular flexibility index (Phi) is 5.89. The molecule has 13 heteroatoms. The molecule has 2 rings (SSSR count). The minimum Gasteiger partial charge on any atom is -0.477 e. The second kappa shape index (κ2) is 7.19. The van der Waals surface area contributed by atoms with E-state index in [1.54, 1.807) is 0 Å². The number of carboxylic acids is 1. The fraction of sp³-hybridized carbons (Fsp3) is 0.462. The number of carbonyl (C=O) groups is 1. The molecule has 0 spiro atoms. The van der Waals surface area contributed by atoms with Gasteiger partial charge < -0.3 is 10.4 Å². The number of aliphatic carboxylic acids is 1. The Labute approximate surface area is 158 Å². The molecule has 0 amide bonds. The van der Waals surface area contributed by atoms with Crippen molar-refractivity contribution in [1.29, 1.82) is 0 Å². The molecule has 1 aliphatic heterocycles. The maximum absolute atomic E-state index is 13.2. The van der Waals surface area contributed by atoms with Crippen molar-refractivity contribution in [1.82, 2.24) is 5.32 Å². The standard InChI is InChI=1S/C13H13Cl2F2NO6S2/c14-8-2-1-7(3-9(8)15)26(23,24)11-5-25(21,22)4-10(11)18-6-13(16,17)12(19)20/h1-3,10-11,18H,4-6H2,(H,19,20)/t10-,11-/m0/s1. The van der Waals surface area contributed by atoms with Crippen LogP contribution in [0.5, 0.6) is 0 Å². The molecule has 0 saturated carbocycles. The molecular formula is C13H13Cl2F2NO6S2. The molecular weight excluding hydrogens is 439 g/mol. The molecule has 0 aliphatic carbocycles. The molecule has 0 unspecified atom stereocenters. The van der Waals surface area contributed by atoms with E-state index in [1.807, 2.05) is 0 Å². The molecule has 1 heterocycles. The summed E-state index contributed by atoms with van der Waals surface area (Å²) in [5, 5.41) is 8.92. The summed E-state index contributed by atoms with van der Waals surface area (Å²) in [5.41, 5.74) is 0. The van der Waals surface area contributed by atoms with Crippen molar-refractivity contribution in [3.63, 3.8) is 0 Å². The van der Waals surface area contributed by atoms with Crippen molar-refractivity contribution in [2.24, 2.45) is 0 Å². The van der Waals surface area contributed by atoms with Gasteiger partial charge in [-0.25, -0.2) is 21.6 Å². The van der Waals surface area contributed by atoms with E-state index < -0.39 is 60.9 Å². The Morgan fingerprint density at radius 3 is 2.42 bits per heavy atom. The Balaban J connectivity index is 2.34. The van der Waals surface area contributed by atoms with Crippen molar-refractivity contribution in [2.75, 3.05) is 18.1 Å². The first kappa shape index (κ1) is 21.3. The van der Waals surface area contributed by atoms with E-state index in [0.29, 0.717) is 0 Å². The SMILES string of the molecule is O=C(O)C(F)(F)CN[C@H]1CS(=O)(=O)C[C@@H]1S(=O)(=O)c1ccc(Cl)c(Cl)c1. The van der Waals surface area contributed by atoms with Crippen LogP contribution in [0.15, 0.2) is 23.1 Å². The fourth-order valence-electron chi connectivity index (χ4n) is 2.48. The van der Waals surface area contributed by atoms with Crippen LogP contribution in [0.4, 0.5) is 8.78 Å². The first-order valence-electron chi connectivity index (χ1n) is 7.00. The third-order valence-corrected chi connectivity index (χ3v) is 8.71. The first-order chi connectivity index (χ1) is 11.8. The molecule has 2 N–H and O–H groups in total. The van der Waals surface area contributed by atoms with Crippen molar-refractivity contribution >= 4 is 48.8 Å². The summed E-state index contributed by atoms with van der Waals surface area (Å²) < 4.78 is 75.7. The molecule has 0 bridgehead atoms. The molecule has 1 aromatic carbocycles. The normalized spacial score (nSPS) is 23.1. The Hall–Kier alpha value is -1.01. The summed E-state index contributed by atoms with van der Waals surface area (Å²) in [4.78, 5) is 10.2. The maximum Gasteiger partial charge on any atom is 0.375 e. The number of alkyl halides is 2. The molecule has 146 valence electrons. The molecule has 0 radical (unpaired) electrons. The van der Waals surface area contributed by atoms with Crippen LogP contribution in [-0.2, 0) is 24.5 Å². The topological polar surface area (TPSA) is 118 Å². The molecule has 1 aliphatic rings. The van der Waals surface area contributed by atoms with E-state index >= 15 is 0 Å². The van der Waals surface area contributed by atoms with Crippen LogP contribution in [0.1, 0.15) is 0 Å². The highest BCUT2D eigenvalue weighted by Gasteiger charge is 2.48. The lowest BCUT2D eigenvalue weighted by Crippen LogP contribution is -2.49. The third kappa shape index (κ3) is 4.45. The van der Waals surface area contributed by atoms with Gasteiger partial charge in [0.25, 0.3) is 0 Å². The van der Waals surface area contributed by atoms with Crippen molar-refractivity contribution in [2.45, 2.75) is 22.1 Å². The quantitative estimate of drug-likeness (QED) is 0.667. The second-order valence-corrected chi connectivity index (χ2v) is 10.9. The number of carboxylic acid groups (broad SMARTS) is 1. The first-order valence-corrected chi connectivity index (χ1v) is 11.1. The van der Waals surface area contributed by atoms with Crippen molar-refractivity contribution < 1.29 is 35.5 Å². The zero-order valence-electron chi connectivity index (χ0n) is 12.8. The Morgan fingerprint density at radius 2 is 1.88 bits per heavy atom. The van der Waals surface area contributed by atoms with Crippen LogP contribution in [0.3, 0.4) is 0 Å². The van der Waals surface area contributed by atoms with Crippen LogP contribution < -0.4 is 5.32 Å². The van der Waals surface area contributed by atoms with E-state index in [-0.39, 0.29) is 14.9 Å². The maximum atomic E-state index is 13.2. The third-order valence-electron chi connectivity index (χ3n) is 3.82. The summed E-state index contributed by atoms with van der Waals surface area (Å²) in [6, 6.07) is 1.97. The van der Waals surface area contributed by atoms with Crippen LogP contribution in [0.2, 0.25) is 10.0 Å². The van der Waals surface area contributed by atoms with E-state index in [2.05, 4.69) is 5.32 Å². The van der Waals surface area contributed by atoms with Gasteiger partial charge in [0.05, 0.1) is 38.2 Å². The predicted molar refractivity (Wildman–Crippen MR) is 90.5 cm³/mol. The van der Waals surface area contributed by atoms with E-state index in [0.717, 1.165) is 12.1 Å². The monoisotopic (exact) mass is 451 g/mol. The van der Waals surface area contributed by atoms with Gasteiger partial charge in [-0.2, -0.15) is 8.78 Å². The predicted octanol–water partition coefficient (Wildman–Crippen LogP) is 1.24. The highest BCUT2D eigenvalue weighted by atomic mass is 35.5. The number of hydrogen-bond donors (Lipinski definition) is 2. The Morgan fingerprint density at radius 1 is 1.27 bits per heavy atom. The summed E-state index contributed by atoms with van der Waals surface area (Å²) in [6.45, 7) is -1.41. The van der Waals surface area contributed by atoms with E-state index in [9.17, 15) is 30.4 Å². The summed E-state index contributed by atoms with van der Waals surface area (Å²) in [6.07, 6.45) is 0. The van der Waals surface area contributed by atoms with Crippen molar-refractivity contribution in [3.05, 3.63) is 28.2 Å². The van der Waals surface area contributed by atoms with Crippen LogP contribution >= 0.6 is 23.2 Å². The average molecular weight is 452 g/mol. The van der Waals surface area contributed by atoms with Crippen LogP contribution in [-0.4, -0.2) is 63.2 Å². The zero-order valence-corrected chi connectivity index (χ0v) is 16.0. The zero-order chi connectivity index (χ0) is 19.9. The molecule has 7 nitrogen and oxygen atoms in total. The largest absolute Gasteiger partial charge is 0.477 e. The van der Waals surface area contributed by atoms with Crippen LogP contribution in [0.25, 0.3) is 0 Å². The van der Waals surface area contributed by atoms with Gasteiger partial charge in [-0.1, -0.05) is 23.2 Å². The number of sulfone groups is 2. The number of halogens is 4. The lowest BCUT2D eigenvalue weighted by molar-refractivity contribution is -0.164. The van der Waals surface area contributed by atoms with E-state index in [1.165, 1.54) is 6.07 Å². The number of benzene rings is 1. The second-order valence-electron chi connectivity index (χ2n) is 5.73. The highest BCUT2D eigenvalue weighted by Crippen LogP contribution is 2.30. The highest BCUT2D eigenvalue weighted by molar-refractivity contribution is 7.96. The lowest BCUT2D eigenvalue weighted by atomic mass is 10.2. The number of hydrogen-bond acceptors (Lipinski definition) is 6. The van der Waals surface area contributed by atoms with Gasteiger partial charge in [0, 0.05) is 6.04 Å². The molecule has 1 saturated heterocycles. The van der Waals surface area contributed by atoms with Crippen LogP contribution in [0, 0.1) is 0 Å².